The summed E-state index contributed by atoms with van der Waals surface area (Å²) in [5.41, 5.74) is 0. The molecule has 1 saturated carbocycles. The molecule has 2 rings (SSSR count). The molecular weight excluding hydrogens is 214 g/mol. The van der Waals surface area contributed by atoms with Crippen molar-refractivity contribution in [2.24, 2.45) is 5.92 Å². The van der Waals surface area contributed by atoms with Gasteiger partial charge in [0, 0.05) is 20.1 Å². The molecule has 0 N–H and O–H groups in total. The van der Waals surface area contributed by atoms with E-state index < -0.39 is 0 Å². The van der Waals surface area contributed by atoms with Crippen molar-refractivity contribution in [1.29, 1.82) is 0 Å². The average molecular weight is 237 g/mol. The summed E-state index contributed by atoms with van der Waals surface area (Å²) < 4.78 is 7.24. The third-order valence-corrected chi connectivity index (χ3v) is 3.68. The normalized spacial score (nSPS) is 18.2. The van der Waals surface area contributed by atoms with Crippen LogP contribution in [0.15, 0.2) is 6.33 Å². The largest absolute Gasteiger partial charge is 0.383 e. The molecule has 0 radical (unpaired) electrons. The second-order valence-electron chi connectivity index (χ2n) is 5.00. The van der Waals surface area contributed by atoms with E-state index in [-0.39, 0.29) is 0 Å². The summed E-state index contributed by atoms with van der Waals surface area (Å²) in [6, 6.07) is 0. The summed E-state index contributed by atoms with van der Waals surface area (Å²) in [6.45, 7) is 1.60. The maximum Gasteiger partial charge on any atom is 0.133 e. The lowest BCUT2D eigenvalue weighted by atomic mass is 9.96. The molecule has 0 bridgehead atoms. The number of methoxy groups -OCH3 is 1. The molecular formula is C13H23N3O. The molecule has 0 saturated heterocycles. The third kappa shape index (κ3) is 3.80. The molecule has 0 atom stereocenters. The van der Waals surface area contributed by atoms with Crippen LogP contribution in [0.2, 0.25) is 0 Å². The van der Waals surface area contributed by atoms with E-state index in [0.29, 0.717) is 0 Å². The van der Waals surface area contributed by atoms with Crippen LogP contribution >= 0.6 is 0 Å². The molecule has 96 valence electrons. The Morgan fingerprint density at radius 1 is 1.29 bits per heavy atom. The van der Waals surface area contributed by atoms with Crippen molar-refractivity contribution >= 4 is 0 Å². The minimum Gasteiger partial charge on any atom is -0.383 e. The predicted molar refractivity (Wildman–Crippen MR) is 66.8 cm³/mol. The average Bonchev–Trinajstić information content (AvgIpc) is 2.61. The van der Waals surface area contributed by atoms with Crippen LogP contribution in [0.4, 0.5) is 0 Å². The maximum atomic E-state index is 5.10. The number of nitrogens with zero attached hydrogens (tertiary/aromatic N) is 3. The summed E-state index contributed by atoms with van der Waals surface area (Å²) in [7, 11) is 1.73. The van der Waals surface area contributed by atoms with Gasteiger partial charge in [-0.05, 0) is 5.92 Å². The van der Waals surface area contributed by atoms with E-state index >= 15 is 0 Å². The minimum atomic E-state index is 0.732. The summed E-state index contributed by atoms with van der Waals surface area (Å²) in [6.07, 6.45) is 11.2. The Balaban J connectivity index is 1.90. The van der Waals surface area contributed by atoms with Crippen LogP contribution in [0.5, 0.6) is 0 Å². The van der Waals surface area contributed by atoms with Gasteiger partial charge in [-0.15, -0.1) is 10.2 Å². The molecule has 1 heterocycles. The van der Waals surface area contributed by atoms with Crippen molar-refractivity contribution in [2.45, 2.75) is 51.5 Å². The van der Waals surface area contributed by atoms with Crippen LogP contribution in [0.1, 0.15) is 44.3 Å². The Labute approximate surface area is 103 Å². The monoisotopic (exact) mass is 237 g/mol. The predicted octanol–water partition coefficient (Wildman–Crippen LogP) is 2.44. The third-order valence-electron chi connectivity index (χ3n) is 3.68. The lowest BCUT2D eigenvalue weighted by Crippen LogP contribution is -2.12. The van der Waals surface area contributed by atoms with Gasteiger partial charge < -0.3 is 9.30 Å². The van der Waals surface area contributed by atoms with E-state index in [4.69, 9.17) is 4.74 Å². The number of rotatable bonds is 5. The van der Waals surface area contributed by atoms with Gasteiger partial charge in [-0.1, -0.05) is 38.5 Å². The van der Waals surface area contributed by atoms with Gasteiger partial charge in [0.2, 0.25) is 0 Å². The maximum absolute atomic E-state index is 5.10. The Hall–Kier alpha value is -0.900. The van der Waals surface area contributed by atoms with Gasteiger partial charge in [0.15, 0.2) is 0 Å². The van der Waals surface area contributed by atoms with Crippen LogP contribution in [-0.2, 0) is 17.7 Å². The van der Waals surface area contributed by atoms with Crippen molar-refractivity contribution in [3.63, 3.8) is 0 Å². The minimum absolute atomic E-state index is 0.732. The first-order valence-electron chi connectivity index (χ1n) is 6.76. The first-order valence-corrected chi connectivity index (χ1v) is 6.76. The second-order valence-corrected chi connectivity index (χ2v) is 5.00. The zero-order valence-electron chi connectivity index (χ0n) is 10.8. The van der Waals surface area contributed by atoms with Crippen molar-refractivity contribution in [3.8, 4) is 0 Å². The lowest BCUT2D eigenvalue weighted by Gasteiger charge is -2.13. The Kier molecular flexibility index (Phi) is 4.98. The van der Waals surface area contributed by atoms with Crippen LogP contribution in [0.25, 0.3) is 0 Å². The van der Waals surface area contributed by atoms with E-state index in [9.17, 15) is 0 Å². The summed E-state index contributed by atoms with van der Waals surface area (Å²) in [5.74, 6) is 1.94. The molecule has 1 aliphatic rings. The van der Waals surface area contributed by atoms with Crippen LogP contribution in [0, 0.1) is 5.92 Å². The quantitative estimate of drug-likeness (QED) is 0.738. The van der Waals surface area contributed by atoms with E-state index in [2.05, 4.69) is 14.8 Å². The van der Waals surface area contributed by atoms with Crippen molar-refractivity contribution in [1.82, 2.24) is 14.8 Å². The molecule has 0 spiro atoms. The topological polar surface area (TPSA) is 39.9 Å². The van der Waals surface area contributed by atoms with Crippen molar-refractivity contribution in [2.75, 3.05) is 13.7 Å². The second kappa shape index (κ2) is 6.74. The van der Waals surface area contributed by atoms with Gasteiger partial charge >= 0.3 is 0 Å². The molecule has 0 aliphatic heterocycles. The molecule has 1 aliphatic carbocycles. The highest BCUT2D eigenvalue weighted by Gasteiger charge is 2.15. The van der Waals surface area contributed by atoms with Crippen LogP contribution in [0.3, 0.4) is 0 Å². The first kappa shape index (κ1) is 12.6. The smallest absolute Gasteiger partial charge is 0.133 e. The Bertz CT molecular complexity index is 316. The Morgan fingerprint density at radius 3 is 2.76 bits per heavy atom. The zero-order valence-corrected chi connectivity index (χ0v) is 10.8. The first-order chi connectivity index (χ1) is 8.40. The molecule has 17 heavy (non-hydrogen) atoms. The van der Waals surface area contributed by atoms with Gasteiger partial charge in [-0.2, -0.15) is 0 Å². The van der Waals surface area contributed by atoms with Gasteiger partial charge in [0.25, 0.3) is 0 Å². The van der Waals surface area contributed by atoms with Crippen LogP contribution in [-0.4, -0.2) is 28.5 Å². The van der Waals surface area contributed by atoms with Crippen molar-refractivity contribution < 1.29 is 4.74 Å². The fraction of sp³-hybridized carbons (Fsp3) is 0.846. The number of hydrogen-bond acceptors (Lipinski definition) is 3. The SMILES string of the molecule is COCCn1cnnc1CC1CCCCCC1. The zero-order chi connectivity index (χ0) is 11.9. The Morgan fingerprint density at radius 2 is 2.06 bits per heavy atom. The van der Waals surface area contributed by atoms with Crippen molar-refractivity contribution in [3.05, 3.63) is 12.2 Å². The highest BCUT2D eigenvalue weighted by atomic mass is 16.5. The van der Waals surface area contributed by atoms with E-state index in [0.717, 1.165) is 31.3 Å². The molecule has 0 amide bonds. The van der Waals surface area contributed by atoms with E-state index in [1.165, 1.54) is 38.5 Å². The summed E-state index contributed by atoms with van der Waals surface area (Å²) >= 11 is 0. The van der Waals surface area contributed by atoms with Gasteiger partial charge in [0.05, 0.1) is 6.61 Å². The lowest BCUT2D eigenvalue weighted by molar-refractivity contribution is 0.186. The number of hydrogen-bond donors (Lipinski definition) is 0. The molecule has 4 heteroatoms. The fourth-order valence-electron chi connectivity index (χ4n) is 2.64. The molecule has 1 aromatic rings. The molecule has 0 aromatic carbocycles. The number of ether oxygens (including phenoxy) is 1. The molecule has 0 unspecified atom stereocenters. The number of aromatic nitrogens is 3. The molecule has 1 fully saturated rings. The van der Waals surface area contributed by atoms with E-state index in [1.54, 1.807) is 7.11 Å². The highest BCUT2D eigenvalue weighted by molar-refractivity contribution is 4.89. The summed E-state index contributed by atoms with van der Waals surface area (Å²) in [5, 5.41) is 8.27. The van der Waals surface area contributed by atoms with Crippen LogP contribution < -0.4 is 0 Å². The van der Waals surface area contributed by atoms with Gasteiger partial charge in [0.1, 0.15) is 12.2 Å². The molecule has 1 aromatic heterocycles. The molecule has 4 nitrogen and oxygen atoms in total. The van der Waals surface area contributed by atoms with Gasteiger partial charge in [-0.3, -0.25) is 0 Å². The van der Waals surface area contributed by atoms with E-state index in [1.807, 2.05) is 6.33 Å². The highest BCUT2D eigenvalue weighted by Crippen LogP contribution is 2.25. The van der Waals surface area contributed by atoms with Gasteiger partial charge in [-0.25, -0.2) is 0 Å². The fourth-order valence-corrected chi connectivity index (χ4v) is 2.64. The summed E-state index contributed by atoms with van der Waals surface area (Å²) in [4.78, 5) is 0. The standard InChI is InChI=1S/C13H23N3O/c1-17-9-8-16-11-14-15-13(16)10-12-6-4-2-3-5-7-12/h11-12H,2-10H2,1H3.